The fourth-order valence-corrected chi connectivity index (χ4v) is 2.94. The molecular formula is C18H13Cl2NO3. The number of rotatable bonds is 4. The van der Waals surface area contributed by atoms with Gasteiger partial charge in [-0.05, 0) is 35.2 Å². The van der Waals surface area contributed by atoms with E-state index in [0.29, 0.717) is 15.6 Å². The maximum absolute atomic E-state index is 12.9. The molecule has 1 atom stereocenters. The molecule has 0 aliphatic heterocycles. The number of halogens is 2. The zero-order valence-corrected chi connectivity index (χ0v) is 14.0. The van der Waals surface area contributed by atoms with E-state index >= 15 is 0 Å². The van der Waals surface area contributed by atoms with Gasteiger partial charge in [0, 0.05) is 27.8 Å². The average molecular weight is 362 g/mol. The lowest BCUT2D eigenvalue weighted by Gasteiger charge is -2.14. The van der Waals surface area contributed by atoms with E-state index in [0.717, 1.165) is 10.8 Å². The van der Waals surface area contributed by atoms with Crippen molar-refractivity contribution in [2.45, 2.75) is 12.3 Å². The van der Waals surface area contributed by atoms with E-state index in [-0.39, 0.29) is 12.3 Å². The summed E-state index contributed by atoms with van der Waals surface area (Å²) in [6.45, 7) is 0. The summed E-state index contributed by atoms with van der Waals surface area (Å²) < 4.78 is 1.42. The van der Waals surface area contributed by atoms with Crippen molar-refractivity contribution in [1.29, 1.82) is 0 Å². The first-order valence-corrected chi connectivity index (χ1v) is 7.98. The molecule has 3 rings (SSSR count). The van der Waals surface area contributed by atoms with Crippen LogP contribution >= 0.6 is 23.2 Å². The molecule has 4 nitrogen and oxygen atoms in total. The van der Waals surface area contributed by atoms with Crippen LogP contribution in [-0.2, 0) is 4.79 Å². The van der Waals surface area contributed by atoms with Gasteiger partial charge >= 0.3 is 5.97 Å². The maximum atomic E-state index is 12.9. The second-order valence-electron chi connectivity index (χ2n) is 5.48. The third-order valence-corrected chi connectivity index (χ3v) is 4.30. The lowest BCUT2D eigenvalue weighted by Crippen LogP contribution is -2.21. The van der Waals surface area contributed by atoms with Crippen LogP contribution in [0, 0.1) is 0 Å². The first-order chi connectivity index (χ1) is 11.4. The zero-order chi connectivity index (χ0) is 17.3. The summed E-state index contributed by atoms with van der Waals surface area (Å²) in [6, 6.07) is 12.0. The van der Waals surface area contributed by atoms with Crippen LogP contribution in [0.3, 0.4) is 0 Å². The lowest BCUT2D eigenvalue weighted by molar-refractivity contribution is -0.137. The molecule has 2 aromatic carbocycles. The van der Waals surface area contributed by atoms with E-state index in [2.05, 4.69) is 0 Å². The third-order valence-electron chi connectivity index (χ3n) is 3.81. The Morgan fingerprint density at radius 1 is 0.958 bits per heavy atom. The largest absolute Gasteiger partial charge is 0.481 e. The van der Waals surface area contributed by atoms with Crippen LogP contribution in [0.1, 0.15) is 22.7 Å². The van der Waals surface area contributed by atoms with Crippen molar-refractivity contribution in [2.24, 2.45) is 0 Å². The smallest absolute Gasteiger partial charge is 0.304 e. The zero-order valence-electron chi connectivity index (χ0n) is 12.4. The van der Waals surface area contributed by atoms with Crippen molar-refractivity contribution in [1.82, 2.24) is 4.57 Å². The van der Waals surface area contributed by atoms with Gasteiger partial charge in [0.1, 0.15) is 0 Å². The molecule has 1 unspecified atom stereocenters. The van der Waals surface area contributed by atoms with Crippen molar-refractivity contribution < 1.29 is 14.7 Å². The van der Waals surface area contributed by atoms with Crippen molar-refractivity contribution in [3.8, 4) is 0 Å². The SMILES string of the molecule is O=C(O)CC(C(=O)n1cc2ccc(Cl)cc2c1)c1ccc(Cl)cc1. The summed E-state index contributed by atoms with van der Waals surface area (Å²) in [7, 11) is 0. The second kappa shape index (κ2) is 6.67. The fraction of sp³-hybridized carbons (Fsp3) is 0.111. The van der Waals surface area contributed by atoms with E-state index in [1.54, 1.807) is 48.8 Å². The highest BCUT2D eigenvalue weighted by atomic mass is 35.5. The molecule has 1 heterocycles. The number of nitrogens with zero attached hydrogens (tertiary/aromatic N) is 1. The number of carboxylic acids is 1. The van der Waals surface area contributed by atoms with Gasteiger partial charge in [0.25, 0.3) is 0 Å². The van der Waals surface area contributed by atoms with E-state index in [1.807, 2.05) is 6.07 Å². The Balaban J connectivity index is 2.00. The highest BCUT2D eigenvalue weighted by Crippen LogP contribution is 2.26. The van der Waals surface area contributed by atoms with Gasteiger partial charge in [-0.3, -0.25) is 14.2 Å². The molecule has 122 valence electrons. The van der Waals surface area contributed by atoms with Gasteiger partial charge in [-0.1, -0.05) is 41.4 Å². The Morgan fingerprint density at radius 3 is 2.25 bits per heavy atom. The number of aromatic nitrogens is 1. The summed E-state index contributed by atoms with van der Waals surface area (Å²) in [5, 5.41) is 12.0. The summed E-state index contributed by atoms with van der Waals surface area (Å²) in [6.07, 6.45) is 3.04. The first-order valence-electron chi connectivity index (χ1n) is 7.23. The molecule has 1 aromatic heterocycles. The Labute approximate surface area is 148 Å². The van der Waals surface area contributed by atoms with Crippen molar-refractivity contribution in [3.05, 3.63) is 70.5 Å². The molecule has 0 spiro atoms. The van der Waals surface area contributed by atoms with Crippen LogP contribution in [0.4, 0.5) is 0 Å². The minimum absolute atomic E-state index is 0.296. The van der Waals surface area contributed by atoms with E-state index in [9.17, 15) is 9.59 Å². The molecule has 0 fully saturated rings. The Bertz CT molecular complexity index is 916. The van der Waals surface area contributed by atoms with Crippen molar-refractivity contribution >= 4 is 45.9 Å². The summed E-state index contributed by atoms with van der Waals surface area (Å²) in [5.41, 5.74) is 0.614. The molecule has 0 bridgehead atoms. The molecule has 0 saturated carbocycles. The van der Waals surface area contributed by atoms with Gasteiger partial charge < -0.3 is 5.11 Å². The summed E-state index contributed by atoms with van der Waals surface area (Å²) in [5.74, 6) is -2.15. The van der Waals surface area contributed by atoms with Gasteiger partial charge in [-0.25, -0.2) is 0 Å². The van der Waals surface area contributed by atoms with E-state index < -0.39 is 11.9 Å². The third kappa shape index (κ3) is 3.45. The van der Waals surface area contributed by atoms with Gasteiger partial charge in [0.2, 0.25) is 5.91 Å². The van der Waals surface area contributed by atoms with Gasteiger partial charge in [-0.15, -0.1) is 0 Å². The van der Waals surface area contributed by atoms with Crippen LogP contribution in [0.2, 0.25) is 10.0 Å². The van der Waals surface area contributed by atoms with Crippen LogP contribution in [-0.4, -0.2) is 21.6 Å². The number of carbonyl (C=O) groups excluding carboxylic acids is 1. The molecule has 6 heteroatoms. The number of carboxylic acid groups (broad SMARTS) is 1. The Hall–Kier alpha value is -2.30. The summed E-state index contributed by atoms with van der Waals surface area (Å²) in [4.78, 5) is 24.1. The molecule has 3 aromatic rings. The van der Waals surface area contributed by atoms with E-state index in [4.69, 9.17) is 28.3 Å². The Kier molecular flexibility index (Phi) is 4.60. The Morgan fingerprint density at radius 2 is 1.58 bits per heavy atom. The molecule has 0 amide bonds. The van der Waals surface area contributed by atoms with Gasteiger partial charge in [0.15, 0.2) is 0 Å². The maximum Gasteiger partial charge on any atom is 0.304 e. The predicted molar refractivity (Wildman–Crippen MR) is 94.0 cm³/mol. The van der Waals surface area contributed by atoms with Gasteiger partial charge in [0.05, 0.1) is 12.3 Å². The number of benzene rings is 2. The molecular weight excluding hydrogens is 349 g/mol. The number of hydrogen-bond acceptors (Lipinski definition) is 2. The quantitative estimate of drug-likeness (QED) is 0.722. The lowest BCUT2D eigenvalue weighted by atomic mass is 9.95. The van der Waals surface area contributed by atoms with E-state index in [1.165, 1.54) is 4.57 Å². The standard InChI is InChI=1S/C18H13Cl2NO3/c19-14-4-1-11(2-5-14)16(8-17(22)23)18(24)21-9-12-3-6-15(20)7-13(12)10-21/h1-7,9-10,16H,8H2,(H,22,23). The monoisotopic (exact) mass is 361 g/mol. The summed E-state index contributed by atoms with van der Waals surface area (Å²) >= 11 is 11.8. The van der Waals surface area contributed by atoms with Crippen LogP contribution in [0.25, 0.3) is 10.8 Å². The van der Waals surface area contributed by atoms with Crippen molar-refractivity contribution in [3.63, 3.8) is 0 Å². The average Bonchev–Trinajstić information content (AvgIpc) is 2.96. The predicted octanol–water partition coefficient (Wildman–Crippen LogP) is 4.85. The highest BCUT2D eigenvalue weighted by Gasteiger charge is 2.25. The van der Waals surface area contributed by atoms with Gasteiger partial charge in [-0.2, -0.15) is 0 Å². The second-order valence-corrected chi connectivity index (χ2v) is 6.35. The molecule has 24 heavy (non-hydrogen) atoms. The van der Waals surface area contributed by atoms with Crippen LogP contribution in [0.5, 0.6) is 0 Å². The number of aliphatic carboxylic acids is 1. The molecule has 0 saturated heterocycles. The first kappa shape index (κ1) is 16.6. The normalized spacial score (nSPS) is 12.2. The molecule has 0 aliphatic rings. The number of carbonyl (C=O) groups is 2. The minimum Gasteiger partial charge on any atom is -0.481 e. The van der Waals surface area contributed by atoms with Crippen LogP contribution < -0.4 is 0 Å². The topological polar surface area (TPSA) is 59.3 Å². The molecule has 0 radical (unpaired) electrons. The van der Waals surface area contributed by atoms with Crippen molar-refractivity contribution in [2.75, 3.05) is 0 Å². The number of fused-ring (bicyclic) bond motifs is 1. The minimum atomic E-state index is -1.04. The number of hydrogen-bond donors (Lipinski definition) is 1. The van der Waals surface area contributed by atoms with Crippen LogP contribution in [0.15, 0.2) is 54.9 Å². The molecule has 1 N–H and O–H groups in total. The molecule has 0 aliphatic carbocycles. The highest BCUT2D eigenvalue weighted by molar-refractivity contribution is 6.31. The fourth-order valence-electron chi connectivity index (χ4n) is 2.64.